The maximum absolute atomic E-state index is 10.8. The molecule has 0 bridgehead atoms. The highest BCUT2D eigenvalue weighted by molar-refractivity contribution is 5.77. The fourth-order valence-corrected chi connectivity index (χ4v) is 1.30. The molecule has 0 radical (unpaired) electrons. The lowest BCUT2D eigenvalue weighted by Crippen LogP contribution is -2.45. The summed E-state index contributed by atoms with van der Waals surface area (Å²) in [4.78, 5) is 10.8. The number of carboxylic acids is 1. The Hall–Kier alpha value is -1.55. The highest BCUT2D eigenvalue weighted by Gasteiger charge is 2.27. The van der Waals surface area contributed by atoms with Crippen molar-refractivity contribution in [1.82, 2.24) is 0 Å². The first kappa shape index (κ1) is 12.5. The molecule has 0 fully saturated rings. The molecule has 0 saturated heterocycles. The number of aryl methyl sites for hydroxylation is 1. The maximum Gasteiger partial charge on any atom is 0.323 e. The minimum absolute atomic E-state index is 0.411. The summed E-state index contributed by atoms with van der Waals surface area (Å²) in [5.74, 6) is -0.182. The van der Waals surface area contributed by atoms with E-state index in [1.165, 1.54) is 6.92 Å². The second kappa shape index (κ2) is 4.99. The number of nitrogens with two attached hydrogens (primary N) is 1. The van der Waals surface area contributed by atoms with Crippen LogP contribution in [0.2, 0.25) is 0 Å². The maximum atomic E-state index is 10.8. The molecule has 0 aromatic heterocycles. The first-order valence-electron chi connectivity index (χ1n) is 5.11. The molecule has 1 aromatic carbocycles. The third-order valence-electron chi connectivity index (χ3n) is 2.58. The number of rotatable bonds is 5. The van der Waals surface area contributed by atoms with Gasteiger partial charge in [-0.05, 0) is 37.5 Å². The second-order valence-electron chi connectivity index (χ2n) is 4.07. The SMILES string of the molecule is COc1ccc(CCC(C)(N)C(=O)O)cc1. The normalized spacial score (nSPS) is 14.2. The number of methoxy groups -OCH3 is 1. The Morgan fingerprint density at radius 2 is 2.00 bits per heavy atom. The van der Waals surface area contributed by atoms with Gasteiger partial charge < -0.3 is 15.6 Å². The summed E-state index contributed by atoms with van der Waals surface area (Å²) in [5, 5.41) is 8.86. The van der Waals surface area contributed by atoms with Crippen molar-refractivity contribution in [3.8, 4) is 5.75 Å². The fourth-order valence-electron chi connectivity index (χ4n) is 1.30. The Bertz CT molecular complexity index is 357. The molecule has 3 N–H and O–H groups in total. The number of aliphatic carboxylic acids is 1. The summed E-state index contributed by atoms with van der Waals surface area (Å²) in [6, 6.07) is 7.53. The van der Waals surface area contributed by atoms with E-state index in [-0.39, 0.29) is 0 Å². The van der Waals surface area contributed by atoms with E-state index < -0.39 is 11.5 Å². The third kappa shape index (κ3) is 3.24. The molecule has 0 heterocycles. The first-order chi connectivity index (χ1) is 7.45. The van der Waals surface area contributed by atoms with Crippen molar-refractivity contribution in [2.24, 2.45) is 5.73 Å². The van der Waals surface area contributed by atoms with Crippen molar-refractivity contribution in [3.05, 3.63) is 29.8 Å². The number of hydrogen-bond donors (Lipinski definition) is 2. The van der Waals surface area contributed by atoms with E-state index in [9.17, 15) is 4.79 Å². The summed E-state index contributed by atoms with van der Waals surface area (Å²) >= 11 is 0. The topological polar surface area (TPSA) is 72.5 Å². The van der Waals surface area contributed by atoms with Gasteiger partial charge in [0.1, 0.15) is 11.3 Å². The molecule has 0 saturated carbocycles. The van der Waals surface area contributed by atoms with Crippen LogP contribution in [0, 0.1) is 0 Å². The van der Waals surface area contributed by atoms with Gasteiger partial charge in [0, 0.05) is 0 Å². The van der Waals surface area contributed by atoms with Gasteiger partial charge in [0.25, 0.3) is 0 Å². The molecule has 16 heavy (non-hydrogen) atoms. The van der Waals surface area contributed by atoms with Crippen LogP contribution in [0.3, 0.4) is 0 Å². The highest BCUT2D eigenvalue weighted by Crippen LogP contribution is 2.15. The molecule has 0 amide bonds. The van der Waals surface area contributed by atoms with E-state index in [1.54, 1.807) is 7.11 Å². The Labute approximate surface area is 95.0 Å². The largest absolute Gasteiger partial charge is 0.497 e. The molecule has 0 aliphatic rings. The molecule has 0 spiro atoms. The van der Waals surface area contributed by atoms with E-state index in [1.807, 2.05) is 24.3 Å². The summed E-state index contributed by atoms with van der Waals surface area (Å²) < 4.78 is 5.03. The zero-order valence-electron chi connectivity index (χ0n) is 9.56. The molecule has 1 rings (SSSR count). The lowest BCUT2D eigenvalue weighted by Gasteiger charge is -2.18. The van der Waals surface area contributed by atoms with Gasteiger partial charge in [-0.15, -0.1) is 0 Å². The molecular weight excluding hydrogens is 206 g/mol. The van der Waals surface area contributed by atoms with Crippen molar-refractivity contribution in [2.45, 2.75) is 25.3 Å². The number of carboxylic acid groups (broad SMARTS) is 1. The van der Waals surface area contributed by atoms with Crippen molar-refractivity contribution in [3.63, 3.8) is 0 Å². The summed E-state index contributed by atoms with van der Waals surface area (Å²) in [6.45, 7) is 1.53. The number of benzene rings is 1. The third-order valence-corrected chi connectivity index (χ3v) is 2.58. The predicted octanol–water partition coefficient (Wildman–Crippen LogP) is 1.43. The van der Waals surface area contributed by atoms with Gasteiger partial charge in [0.05, 0.1) is 7.11 Å². The number of hydrogen-bond acceptors (Lipinski definition) is 3. The first-order valence-corrected chi connectivity index (χ1v) is 5.11. The van der Waals surface area contributed by atoms with Crippen LogP contribution in [-0.2, 0) is 11.2 Å². The van der Waals surface area contributed by atoms with Crippen molar-refractivity contribution in [1.29, 1.82) is 0 Å². The van der Waals surface area contributed by atoms with E-state index in [0.29, 0.717) is 12.8 Å². The standard InChI is InChI=1S/C12H17NO3/c1-12(13,11(14)15)8-7-9-3-5-10(16-2)6-4-9/h3-6H,7-8,13H2,1-2H3,(H,14,15). The van der Waals surface area contributed by atoms with E-state index in [0.717, 1.165) is 11.3 Å². The molecule has 88 valence electrons. The van der Waals surface area contributed by atoms with Crippen LogP contribution in [0.1, 0.15) is 18.9 Å². The van der Waals surface area contributed by atoms with Crippen molar-refractivity contribution in [2.75, 3.05) is 7.11 Å². The van der Waals surface area contributed by atoms with Crippen molar-refractivity contribution < 1.29 is 14.6 Å². The molecule has 0 aliphatic carbocycles. The Morgan fingerprint density at radius 1 is 1.44 bits per heavy atom. The number of ether oxygens (including phenoxy) is 1. The van der Waals surface area contributed by atoms with Crippen LogP contribution >= 0.6 is 0 Å². The van der Waals surface area contributed by atoms with Gasteiger partial charge >= 0.3 is 5.97 Å². The summed E-state index contributed by atoms with van der Waals surface area (Å²) in [6.07, 6.45) is 1.05. The fraction of sp³-hybridized carbons (Fsp3) is 0.417. The molecule has 4 nitrogen and oxygen atoms in total. The lowest BCUT2D eigenvalue weighted by molar-refractivity contribution is -0.142. The minimum Gasteiger partial charge on any atom is -0.497 e. The van der Waals surface area contributed by atoms with Crippen LogP contribution in [0.25, 0.3) is 0 Å². The molecule has 1 atom stereocenters. The average Bonchev–Trinajstić information content (AvgIpc) is 2.27. The Balaban J connectivity index is 2.58. The second-order valence-corrected chi connectivity index (χ2v) is 4.07. The summed E-state index contributed by atoms with van der Waals surface area (Å²) in [5.41, 5.74) is 5.53. The molecular formula is C12H17NO3. The average molecular weight is 223 g/mol. The quantitative estimate of drug-likeness (QED) is 0.792. The van der Waals surface area contributed by atoms with E-state index >= 15 is 0 Å². The van der Waals surface area contributed by atoms with Crippen LogP contribution in [0.4, 0.5) is 0 Å². The highest BCUT2D eigenvalue weighted by atomic mass is 16.5. The van der Waals surface area contributed by atoms with Gasteiger partial charge in [-0.2, -0.15) is 0 Å². The monoisotopic (exact) mass is 223 g/mol. The van der Waals surface area contributed by atoms with Gasteiger partial charge in [-0.3, -0.25) is 4.79 Å². The van der Waals surface area contributed by atoms with Crippen molar-refractivity contribution >= 4 is 5.97 Å². The van der Waals surface area contributed by atoms with E-state index in [2.05, 4.69) is 0 Å². The Morgan fingerprint density at radius 3 is 2.44 bits per heavy atom. The lowest BCUT2D eigenvalue weighted by atomic mass is 9.94. The predicted molar refractivity (Wildman–Crippen MR) is 61.5 cm³/mol. The smallest absolute Gasteiger partial charge is 0.323 e. The van der Waals surface area contributed by atoms with Crippen LogP contribution < -0.4 is 10.5 Å². The molecule has 1 unspecified atom stereocenters. The van der Waals surface area contributed by atoms with Gasteiger partial charge in [-0.1, -0.05) is 12.1 Å². The minimum atomic E-state index is -1.17. The zero-order chi connectivity index (χ0) is 12.2. The van der Waals surface area contributed by atoms with Crippen LogP contribution in [-0.4, -0.2) is 23.7 Å². The molecule has 0 aliphatic heterocycles. The summed E-state index contributed by atoms with van der Waals surface area (Å²) in [7, 11) is 1.61. The van der Waals surface area contributed by atoms with Crippen LogP contribution in [0.5, 0.6) is 5.75 Å². The Kier molecular flexibility index (Phi) is 3.90. The van der Waals surface area contributed by atoms with Gasteiger partial charge in [0.2, 0.25) is 0 Å². The molecule has 4 heteroatoms. The van der Waals surface area contributed by atoms with E-state index in [4.69, 9.17) is 15.6 Å². The molecule has 1 aromatic rings. The number of carbonyl (C=O) groups is 1. The van der Waals surface area contributed by atoms with Gasteiger partial charge in [0.15, 0.2) is 0 Å². The van der Waals surface area contributed by atoms with Gasteiger partial charge in [-0.25, -0.2) is 0 Å². The zero-order valence-corrected chi connectivity index (χ0v) is 9.56. The van der Waals surface area contributed by atoms with Crippen LogP contribution in [0.15, 0.2) is 24.3 Å².